The highest BCUT2D eigenvalue weighted by Gasteiger charge is 2.31. The molecule has 1 aromatic carbocycles. The number of hydrogen-bond donors (Lipinski definition) is 2. The number of alkyl halides is 3. The number of ether oxygens (including phenoxy) is 1. The molecule has 0 unspecified atom stereocenters. The average molecular weight is 553 g/mol. The summed E-state index contributed by atoms with van der Waals surface area (Å²) in [6.07, 6.45) is -4.33. The Kier molecular flexibility index (Phi) is 7.44. The van der Waals surface area contributed by atoms with Gasteiger partial charge in [0, 0.05) is 39.3 Å². The summed E-state index contributed by atoms with van der Waals surface area (Å²) in [4.78, 5) is 35.2. The second kappa shape index (κ2) is 10.8. The Hall–Kier alpha value is -3.72. The van der Waals surface area contributed by atoms with Gasteiger partial charge in [-0.15, -0.1) is 5.10 Å². The van der Waals surface area contributed by atoms with Crippen molar-refractivity contribution in [1.82, 2.24) is 24.5 Å². The molecule has 0 atom stereocenters. The maximum atomic E-state index is 14.4. The van der Waals surface area contributed by atoms with Crippen molar-refractivity contribution in [2.45, 2.75) is 26.1 Å². The molecule has 0 saturated carbocycles. The number of anilines is 3. The van der Waals surface area contributed by atoms with Crippen molar-refractivity contribution in [2.75, 3.05) is 67.6 Å². The number of hydrogen-bond acceptors (Lipinski definition) is 8. The van der Waals surface area contributed by atoms with Crippen LogP contribution in [0.15, 0.2) is 23.0 Å². The summed E-state index contributed by atoms with van der Waals surface area (Å²) in [5.41, 5.74) is -0.952. The molecule has 0 spiro atoms. The predicted octanol–water partition coefficient (Wildman–Crippen LogP) is 1.50. The summed E-state index contributed by atoms with van der Waals surface area (Å²) in [5.74, 6) is -1.45. The Morgan fingerprint density at radius 2 is 1.85 bits per heavy atom. The number of morpholine rings is 1. The molecule has 0 radical (unpaired) electrons. The van der Waals surface area contributed by atoms with Gasteiger partial charge in [-0.25, -0.2) is 4.39 Å². The van der Waals surface area contributed by atoms with Crippen molar-refractivity contribution in [1.29, 1.82) is 0 Å². The van der Waals surface area contributed by atoms with Crippen LogP contribution in [0.5, 0.6) is 0 Å². The zero-order valence-corrected chi connectivity index (χ0v) is 21.2. The number of carbonyl (C=O) groups excluding carboxylic acids is 1. The topological polar surface area (TPSA) is 109 Å². The first-order valence-corrected chi connectivity index (χ1v) is 12.6. The average Bonchev–Trinajstić information content (AvgIpc) is 3.38. The first-order chi connectivity index (χ1) is 18.7. The number of nitrogens with one attached hydrogen (secondary N) is 2. The van der Waals surface area contributed by atoms with Gasteiger partial charge in [0.15, 0.2) is 0 Å². The highest BCUT2D eigenvalue weighted by molar-refractivity contribution is 5.91. The van der Waals surface area contributed by atoms with Gasteiger partial charge in [-0.2, -0.15) is 22.7 Å². The number of piperazine rings is 1. The molecule has 210 valence electrons. The van der Waals surface area contributed by atoms with E-state index < -0.39 is 23.5 Å². The molecule has 2 fully saturated rings. The molecule has 2 aliphatic rings. The number of carbonyl (C=O) groups is 1. The highest BCUT2D eigenvalue weighted by atomic mass is 19.4. The molecule has 4 heterocycles. The van der Waals surface area contributed by atoms with Crippen molar-refractivity contribution in [3.05, 3.63) is 45.6 Å². The van der Waals surface area contributed by atoms with Crippen molar-refractivity contribution in [2.24, 2.45) is 0 Å². The van der Waals surface area contributed by atoms with E-state index in [2.05, 4.69) is 20.7 Å². The third-order valence-electron chi connectivity index (χ3n) is 6.75. The first kappa shape index (κ1) is 26.9. The van der Waals surface area contributed by atoms with Crippen molar-refractivity contribution in [3.63, 3.8) is 0 Å². The Morgan fingerprint density at radius 1 is 1.13 bits per heavy atom. The number of nitrogens with zero attached hydrogens (tertiary/aromatic N) is 6. The van der Waals surface area contributed by atoms with Gasteiger partial charge >= 0.3 is 6.18 Å². The standard InChI is InChI=1S/C24H28F4N8O3/c1-2-18-20(33-7-5-29-6-8-33)21(38)36-23(31-22(32-36)34-9-11-39-12-10-34)35(18)14-19(37)30-17-4-3-15(13-16(17)25)24(26,27)28/h3-4,13,29H,2,5-12,14H2,1H3,(H,30,37). The van der Waals surface area contributed by atoms with Gasteiger partial charge in [0.25, 0.3) is 5.56 Å². The van der Waals surface area contributed by atoms with E-state index in [1.807, 2.05) is 16.7 Å². The van der Waals surface area contributed by atoms with Crippen LogP contribution in [-0.4, -0.2) is 77.6 Å². The quantitative estimate of drug-likeness (QED) is 0.443. The molecule has 1 amide bonds. The van der Waals surface area contributed by atoms with Crippen LogP contribution in [0.3, 0.4) is 0 Å². The zero-order chi connectivity index (χ0) is 27.7. The van der Waals surface area contributed by atoms with Crippen LogP contribution in [0.4, 0.5) is 34.9 Å². The summed E-state index contributed by atoms with van der Waals surface area (Å²) in [6, 6.07) is 1.90. The van der Waals surface area contributed by atoms with Gasteiger partial charge < -0.3 is 29.7 Å². The summed E-state index contributed by atoms with van der Waals surface area (Å²) >= 11 is 0. The van der Waals surface area contributed by atoms with E-state index in [0.717, 1.165) is 6.07 Å². The largest absolute Gasteiger partial charge is 0.416 e. The van der Waals surface area contributed by atoms with Crippen LogP contribution in [0.2, 0.25) is 0 Å². The van der Waals surface area contributed by atoms with E-state index in [1.54, 1.807) is 4.57 Å². The Labute approximate surface area is 220 Å². The number of aromatic nitrogens is 4. The molecular weight excluding hydrogens is 524 g/mol. The number of amides is 1. The van der Waals surface area contributed by atoms with E-state index in [4.69, 9.17) is 4.74 Å². The van der Waals surface area contributed by atoms with Gasteiger partial charge in [0.1, 0.15) is 18.0 Å². The fourth-order valence-electron chi connectivity index (χ4n) is 4.83. The minimum Gasteiger partial charge on any atom is -0.378 e. The van der Waals surface area contributed by atoms with Crippen LogP contribution in [0.25, 0.3) is 5.78 Å². The lowest BCUT2D eigenvalue weighted by molar-refractivity contribution is -0.137. The smallest absolute Gasteiger partial charge is 0.378 e. The van der Waals surface area contributed by atoms with Gasteiger partial charge in [-0.05, 0) is 24.6 Å². The van der Waals surface area contributed by atoms with Crippen LogP contribution in [0, 0.1) is 5.82 Å². The van der Waals surface area contributed by atoms with Crippen LogP contribution < -0.4 is 26.0 Å². The molecule has 2 aromatic heterocycles. The van der Waals surface area contributed by atoms with Crippen molar-refractivity contribution < 1.29 is 27.1 Å². The summed E-state index contributed by atoms with van der Waals surface area (Å²) in [6.45, 7) is 5.99. The van der Waals surface area contributed by atoms with E-state index >= 15 is 0 Å². The van der Waals surface area contributed by atoms with E-state index in [1.165, 1.54) is 4.52 Å². The molecule has 2 aliphatic heterocycles. The van der Waals surface area contributed by atoms with Crippen LogP contribution >= 0.6 is 0 Å². The Morgan fingerprint density at radius 3 is 2.49 bits per heavy atom. The molecule has 0 bridgehead atoms. The lowest BCUT2D eigenvalue weighted by Gasteiger charge is -2.31. The van der Waals surface area contributed by atoms with Crippen LogP contribution in [0.1, 0.15) is 18.2 Å². The van der Waals surface area contributed by atoms with Crippen molar-refractivity contribution in [3.8, 4) is 0 Å². The number of rotatable bonds is 6. The third kappa shape index (κ3) is 5.41. The van der Waals surface area contributed by atoms with Gasteiger partial charge in [0.05, 0.1) is 30.2 Å². The van der Waals surface area contributed by atoms with E-state index in [0.29, 0.717) is 88.4 Å². The minimum absolute atomic E-state index is 0.139. The van der Waals surface area contributed by atoms with E-state index in [9.17, 15) is 27.2 Å². The normalized spacial score (nSPS) is 16.6. The monoisotopic (exact) mass is 552 g/mol. The number of benzene rings is 1. The molecule has 0 aliphatic carbocycles. The van der Waals surface area contributed by atoms with Gasteiger partial charge in [-0.3, -0.25) is 9.59 Å². The first-order valence-electron chi connectivity index (χ1n) is 12.6. The van der Waals surface area contributed by atoms with Crippen LogP contribution in [-0.2, 0) is 28.7 Å². The molecule has 2 saturated heterocycles. The third-order valence-corrected chi connectivity index (χ3v) is 6.75. The molecule has 39 heavy (non-hydrogen) atoms. The lowest BCUT2D eigenvalue weighted by Crippen LogP contribution is -2.47. The summed E-state index contributed by atoms with van der Waals surface area (Å²) in [7, 11) is 0. The fourth-order valence-corrected chi connectivity index (χ4v) is 4.83. The molecule has 5 rings (SSSR count). The fraction of sp³-hybridized carbons (Fsp3) is 0.500. The van der Waals surface area contributed by atoms with Gasteiger partial charge in [0.2, 0.25) is 17.6 Å². The molecule has 11 nitrogen and oxygen atoms in total. The maximum absolute atomic E-state index is 14.4. The SMILES string of the molecule is CCc1c(N2CCNCC2)c(=O)n2nc(N3CCOCC3)nc2n1CC(=O)Nc1ccc(C(F)(F)F)cc1F. The Bertz CT molecular complexity index is 1430. The zero-order valence-electron chi connectivity index (χ0n) is 21.2. The molecule has 3 aromatic rings. The number of halogens is 4. The molecule has 2 N–H and O–H groups in total. The van der Waals surface area contributed by atoms with Crippen molar-refractivity contribution >= 4 is 29.0 Å². The number of fused-ring (bicyclic) bond motifs is 1. The maximum Gasteiger partial charge on any atom is 0.416 e. The summed E-state index contributed by atoms with van der Waals surface area (Å²) < 4.78 is 61.3. The summed E-state index contributed by atoms with van der Waals surface area (Å²) in [5, 5.41) is 10.1. The van der Waals surface area contributed by atoms with E-state index in [-0.39, 0.29) is 23.6 Å². The molecule has 15 heteroatoms. The lowest BCUT2D eigenvalue weighted by atomic mass is 10.2. The highest BCUT2D eigenvalue weighted by Crippen LogP contribution is 2.31. The minimum atomic E-state index is -4.72. The molecular formula is C24H28F4N8O3. The Balaban J connectivity index is 1.55. The predicted molar refractivity (Wildman–Crippen MR) is 135 cm³/mol. The second-order valence-corrected chi connectivity index (χ2v) is 9.24. The van der Waals surface area contributed by atoms with Gasteiger partial charge in [-0.1, -0.05) is 6.92 Å². The second-order valence-electron chi connectivity index (χ2n) is 9.24.